The molecule has 6 heteroatoms. The van der Waals surface area contributed by atoms with Gasteiger partial charge in [0.2, 0.25) is 5.95 Å². The van der Waals surface area contributed by atoms with Crippen LogP contribution in [0.2, 0.25) is 0 Å². The summed E-state index contributed by atoms with van der Waals surface area (Å²) in [6, 6.07) is 3.59. The summed E-state index contributed by atoms with van der Waals surface area (Å²) in [6.45, 7) is 7.02. The topological polar surface area (TPSA) is 79.1 Å². The summed E-state index contributed by atoms with van der Waals surface area (Å²) < 4.78 is 5.42. The van der Waals surface area contributed by atoms with Crippen LogP contribution in [-0.4, -0.2) is 34.6 Å². The predicted octanol–water partition coefficient (Wildman–Crippen LogP) is 1.91. The van der Waals surface area contributed by atoms with E-state index >= 15 is 0 Å². The highest BCUT2D eigenvalue weighted by Crippen LogP contribution is 2.23. The van der Waals surface area contributed by atoms with E-state index in [1.54, 1.807) is 12.3 Å². The number of hydrogen-bond acceptors (Lipinski definition) is 6. The summed E-state index contributed by atoms with van der Waals surface area (Å²) in [5.74, 6) is 0.352. The standard InChI is InChI=1S/C15H20N4O2/c1-15(2,3)21-13(20)11-5-8-19(9-6-11)14-17-7-4-12(10-16)18-14/h4,7,11H,5-6,8-9H2,1-3H3. The SMILES string of the molecule is CC(C)(C)OC(=O)C1CCN(c2nccc(C#N)n2)CC1. The van der Waals surface area contributed by atoms with Crippen molar-refractivity contribution in [1.29, 1.82) is 5.26 Å². The Morgan fingerprint density at radius 1 is 1.43 bits per heavy atom. The van der Waals surface area contributed by atoms with Crippen LogP contribution in [0.3, 0.4) is 0 Å². The number of nitriles is 1. The Hall–Kier alpha value is -2.16. The third-order valence-corrected chi connectivity index (χ3v) is 3.28. The van der Waals surface area contributed by atoms with Crippen LogP contribution in [0.1, 0.15) is 39.3 Å². The number of rotatable bonds is 2. The number of carbonyl (C=O) groups is 1. The first-order chi connectivity index (χ1) is 9.89. The molecule has 0 bridgehead atoms. The van der Waals surface area contributed by atoms with Gasteiger partial charge in [-0.15, -0.1) is 0 Å². The molecule has 0 aliphatic carbocycles. The van der Waals surface area contributed by atoms with Gasteiger partial charge >= 0.3 is 5.97 Å². The van der Waals surface area contributed by atoms with Crippen molar-refractivity contribution >= 4 is 11.9 Å². The zero-order valence-corrected chi connectivity index (χ0v) is 12.7. The molecular formula is C15H20N4O2. The first-order valence-electron chi connectivity index (χ1n) is 7.10. The molecule has 2 heterocycles. The fourth-order valence-corrected chi connectivity index (χ4v) is 2.26. The molecule has 0 atom stereocenters. The Morgan fingerprint density at radius 2 is 2.10 bits per heavy atom. The van der Waals surface area contributed by atoms with Crippen LogP contribution < -0.4 is 4.90 Å². The van der Waals surface area contributed by atoms with Gasteiger partial charge in [-0.25, -0.2) is 9.97 Å². The quantitative estimate of drug-likeness (QED) is 0.773. The predicted molar refractivity (Wildman–Crippen MR) is 77.5 cm³/mol. The molecule has 0 N–H and O–H groups in total. The summed E-state index contributed by atoms with van der Waals surface area (Å²) in [7, 11) is 0. The fraction of sp³-hybridized carbons (Fsp3) is 0.600. The van der Waals surface area contributed by atoms with E-state index in [1.165, 1.54) is 0 Å². The van der Waals surface area contributed by atoms with Gasteiger partial charge in [-0.2, -0.15) is 5.26 Å². The third-order valence-electron chi connectivity index (χ3n) is 3.28. The van der Waals surface area contributed by atoms with Crippen LogP contribution in [-0.2, 0) is 9.53 Å². The smallest absolute Gasteiger partial charge is 0.309 e. The maximum atomic E-state index is 12.0. The van der Waals surface area contributed by atoms with Crippen molar-refractivity contribution in [3.8, 4) is 6.07 Å². The zero-order valence-electron chi connectivity index (χ0n) is 12.7. The number of piperidine rings is 1. The molecule has 0 saturated carbocycles. The number of ether oxygens (including phenoxy) is 1. The second-order valence-corrected chi connectivity index (χ2v) is 6.15. The van der Waals surface area contributed by atoms with Crippen molar-refractivity contribution in [3.63, 3.8) is 0 Å². The number of nitrogens with zero attached hydrogens (tertiary/aromatic N) is 4. The van der Waals surface area contributed by atoms with Gasteiger partial charge in [0.05, 0.1) is 5.92 Å². The molecule has 2 rings (SSSR count). The summed E-state index contributed by atoms with van der Waals surface area (Å²) in [4.78, 5) is 22.4. The lowest BCUT2D eigenvalue weighted by Crippen LogP contribution is -2.39. The van der Waals surface area contributed by atoms with Crippen LogP contribution in [0.25, 0.3) is 0 Å². The van der Waals surface area contributed by atoms with E-state index in [-0.39, 0.29) is 11.9 Å². The Kier molecular flexibility index (Phi) is 4.41. The Labute approximate surface area is 124 Å². The largest absolute Gasteiger partial charge is 0.460 e. The molecule has 6 nitrogen and oxygen atoms in total. The molecule has 1 aromatic heterocycles. The minimum atomic E-state index is -0.446. The van der Waals surface area contributed by atoms with Gasteiger partial charge in [0, 0.05) is 19.3 Å². The minimum absolute atomic E-state index is 0.0698. The van der Waals surface area contributed by atoms with E-state index in [2.05, 4.69) is 9.97 Å². The molecular weight excluding hydrogens is 268 g/mol. The maximum Gasteiger partial charge on any atom is 0.309 e. The number of carbonyl (C=O) groups excluding carboxylic acids is 1. The molecule has 0 amide bonds. The third kappa shape index (κ3) is 4.15. The van der Waals surface area contributed by atoms with Gasteiger partial charge in [-0.05, 0) is 39.7 Å². The van der Waals surface area contributed by atoms with Gasteiger partial charge < -0.3 is 9.64 Å². The normalized spacial score (nSPS) is 16.4. The lowest BCUT2D eigenvalue weighted by atomic mass is 9.97. The first kappa shape index (κ1) is 15.2. The molecule has 0 unspecified atom stereocenters. The van der Waals surface area contributed by atoms with Gasteiger partial charge in [-0.3, -0.25) is 4.79 Å². The van der Waals surface area contributed by atoms with Crippen molar-refractivity contribution in [3.05, 3.63) is 18.0 Å². The number of anilines is 1. The maximum absolute atomic E-state index is 12.0. The van der Waals surface area contributed by atoms with E-state index in [0.29, 0.717) is 24.7 Å². The van der Waals surface area contributed by atoms with E-state index in [4.69, 9.17) is 10.00 Å². The van der Waals surface area contributed by atoms with E-state index in [1.807, 2.05) is 31.7 Å². The average Bonchev–Trinajstić information content (AvgIpc) is 2.46. The molecule has 1 saturated heterocycles. The highest BCUT2D eigenvalue weighted by atomic mass is 16.6. The highest BCUT2D eigenvalue weighted by molar-refractivity contribution is 5.73. The van der Waals surface area contributed by atoms with Gasteiger partial charge in [0.1, 0.15) is 17.4 Å². The fourth-order valence-electron chi connectivity index (χ4n) is 2.26. The highest BCUT2D eigenvalue weighted by Gasteiger charge is 2.29. The lowest BCUT2D eigenvalue weighted by Gasteiger charge is -2.32. The molecule has 112 valence electrons. The second-order valence-electron chi connectivity index (χ2n) is 6.15. The van der Waals surface area contributed by atoms with Crippen LogP contribution in [0.4, 0.5) is 5.95 Å². The Balaban J connectivity index is 1.94. The first-order valence-corrected chi connectivity index (χ1v) is 7.10. The van der Waals surface area contributed by atoms with Crippen LogP contribution in [0.5, 0.6) is 0 Å². The number of esters is 1. The van der Waals surface area contributed by atoms with Gasteiger partial charge in [0.15, 0.2) is 0 Å². The molecule has 1 aliphatic rings. The average molecular weight is 288 g/mol. The molecule has 0 spiro atoms. The number of aromatic nitrogens is 2. The van der Waals surface area contributed by atoms with Crippen LogP contribution in [0, 0.1) is 17.2 Å². The van der Waals surface area contributed by atoms with Crippen molar-refractivity contribution in [1.82, 2.24) is 9.97 Å². The minimum Gasteiger partial charge on any atom is -0.460 e. The molecule has 1 aliphatic heterocycles. The van der Waals surface area contributed by atoms with Gasteiger partial charge in [-0.1, -0.05) is 0 Å². The number of hydrogen-bond donors (Lipinski definition) is 0. The Morgan fingerprint density at radius 3 is 2.67 bits per heavy atom. The van der Waals surface area contributed by atoms with Crippen LogP contribution in [0.15, 0.2) is 12.3 Å². The summed E-state index contributed by atoms with van der Waals surface area (Å²) in [6.07, 6.45) is 3.02. The van der Waals surface area contributed by atoms with E-state index < -0.39 is 5.60 Å². The van der Waals surface area contributed by atoms with Crippen molar-refractivity contribution in [2.45, 2.75) is 39.2 Å². The molecule has 1 fully saturated rings. The monoisotopic (exact) mass is 288 g/mol. The molecule has 0 aromatic carbocycles. The summed E-state index contributed by atoms with van der Waals surface area (Å²) in [5, 5.41) is 8.86. The molecule has 1 aromatic rings. The van der Waals surface area contributed by atoms with Gasteiger partial charge in [0.25, 0.3) is 0 Å². The van der Waals surface area contributed by atoms with Crippen molar-refractivity contribution in [2.24, 2.45) is 5.92 Å². The zero-order chi connectivity index (χ0) is 15.5. The summed E-state index contributed by atoms with van der Waals surface area (Å²) in [5.41, 5.74) is -0.0902. The molecule has 0 radical (unpaired) electrons. The Bertz CT molecular complexity index is 552. The van der Waals surface area contributed by atoms with Crippen LogP contribution >= 0.6 is 0 Å². The molecule has 21 heavy (non-hydrogen) atoms. The summed E-state index contributed by atoms with van der Waals surface area (Å²) >= 11 is 0. The lowest BCUT2D eigenvalue weighted by molar-refractivity contribution is -0.160. The van der Waals surface area contributed by atoms with Crippen molar-refractivity contribution < 1.29 is 9.53 Å². The van der Waals surface area contributed by atoms with E-state index in [9.17, 15) is 4.79 Å². The second kappa shape index (κ2) is 6.08. The van der Waals surface area contributed by atoms with Crippen molar-refractivity contribution in [2.75, 3.05) is 18.0 Å². The van der Waals surface area contributed by atoms with E-state index in [0.717, 1.165) is 12.8 Å².